The summed E-state index contributed by atoms with van der Waals surface area (Å²) in [6.07, 6.45) is 9.76. The first kappa shape index (κ1) is 18.0. The van der Waals surface area contributed by atoms with E-state index in [-0.39, 0.29) is 0 Å². The van der Waals surface area contributed by atoms with Gasteiger partial charge in [-0.25, -0.2) is 9.97 Å². The largest absolute Gasteiger partial charge is 0.293 e. The van der Waals surface area contributed by atoms with E-state index in [1.54, 1.807) is 0 Å². The zero-order chi connectivity index (χ0) is 18.8. The first-order valence-electron chi connectivity index (χ1n) is 10.6. The lowest BCUT2D eigenvalue weighted by molar-refractivity contribution is 0.244. The van der Waals surface area contributed by atoms with E-state index in [1.807, 2.05) is 11.3 Å². The van der Waals surface area contributed by atoms with Gasteiger partial charge in [-0.1, -0.05) is 49.6 Å². The Kier molecular flexibility index (Phi) is 5.24. The fourth-order valence-corrected chi connectivity index (χ4v) is 5.58. The van der Waals surface area contributed by atoms with Crippen molar-refractivity contribution in [1.29, 1.82) is 0 Å². The highest BCUT2D eigenvalue weighted by atomic mass is 32.1. The summed E-state index contributed by atoms with van der Waals surface area (Å²) in [4.78, 5) is 15.1. The molecule has 1 aliphatic carbocycles. The van der Waals surface area contributed by atoms with Gasteiger partial charge in [0.2, 0.25) is 0 Å². The maximum atomic E-state index is 4.99. The van der Waals surface area contributed by atoms with Crippen molar-refractivity contribution in [2.45, 2.75) is 57.5 Å². The number of rotatable bonds is 4. The molecule has 1 aromatic carbocycles. The van der Waals surface area contributed by atoms with Crippen LogP contribution < -0.4 is 0 Å². The molecular weight excluding hydrogens is 362 g/mol. The molecule has 3 aromatic rings. The molecule has 28 heavy (non-hydrogen) atoms. The topological polar surface area (TPSA) is 29.0 Å². The molecular formula is C24H27N3S. The van der Waals surface area contributed by atoms with Crippen molar-refractivity contribution in [2.24, 2.45) is 0 Å². The highest BCUT2D eigenvalue weighted by Crippen LogP contribution is 2.32. The monoisotopic (exact) mass is 389 g/mol. The minimum Gasteiger partial charge on any atom is -0.293 e. The molecule has 0 atom stereocenters. The van der Waals surface area contributed by atoms with E-state index in [9.17, 15) is 0 Å². The molecule has 0 N–H and O–H groups in total. The Bertz CT molecular complexity index is 928. The molecule has 2 aliphatic rings. The van der Waals surface area contributed by atoms with Crippen molar-refractivity contribution in [3.8, 4) is 10.4 Å². The van der Waals surface area contributed by atoms with Gasteiger partial charge >= 0.3 is 0 Å². The van der Waals surface area contributed by atoms with Crippen molar-refractivity contribution in [1.82, 2.24) is 14.9 Å². The number of hydrogen-bond acceptors (Lipinski definition) is 4. The lowest BCUT2D eigenvalue weighted by Gasteiger charge is -2.28. The summed E-state index contributed by atoms with van der Waals surface area (Å²) in [6, 6.07) is 15.2. The SMILES string of the molecule is c1ccc(-c2ccc(CN3CCc4nc(C5CCCCC5)ncc4C3)s2)cc1. The molecule has 2 aromatic heterocycles. The maximum Gasteiger partial charge on any atom is 0.131 e. The predicted molar refractivity (Wildman–Crippen MR) is 115 cm³/mol. The normalized spacial score (nSPS) is 18.1. The van der Waals surface area contributed by atoms with E-state index >= 15 is 0 Å². The zero-order valence-electron chi connectivity index (χ0n) is 16.3. The van der Waals surface area contributed by atoms with Gasteiger partial charge in [0.25, 0.3) is 0 Å². The molecule has 0 unspecified atom stereocenters. The minimum atomic E-state index is 0.597. The Morgan fingerprint density at radius 2 is 1.86 bits per heavy atom. The number of thiophene rings is 1. The second-order valence-electron chi connectivity index (χ2n) is 8.13. The van der Waals surface area contributed by atoms with Gasteiger partial charge < -0.3 is 0 Å². The Morgan fingerprint density at radius 3 is 2.71 bits per heavy atom. The summed E-state index contributed by atoms with van der Waals surface area (Å²) in [5, 5.41) is 0. The van der Waals surface area contributed by atoms with Gasteiger partial charge in [-0.3, -0.25) is 4.90 Å². The summed E-state index contributed by atoms with van der Waals surface area (Å²) < 4.78 is 0. The smallest absolute Gasteiger partial charge is 0.131 e. The van der Waals surface area contributed by atoms with Crippen LogP contribution in [-0.2, 0) is 19.5 Å². The lowest BCUT2D eigenvalue weighted by atomic mass is 9.88. The van der Waals surface area contributed by atoms with Crippen LogP contribution in [0.5, 0.6) is 0 Å². The van der Waals surface area contributed by atoms with Gasteiger partial charge in [0.1, 0.15) is 5.82 Å². The van der Waals surface area contributed by atoms with E-state index in [0.717, 1.165) is 31.9 Å². The molecule has 3 nitrogen and oxygen atoms in total. The minimum absolute atomic E-state index is 0.597. The number of aromatic nitrogens is 2. The molecule has 3 heterocycles. The van der Waals surface area contributed by atoms with Crippen LogP contribution in [0.3, 0.4) is 0 Å². The molecule has 0 amide bonds. The summed E-state index contributed by atoms with van der Waals surface area (Å²) in [6.45, 7) is 3.08. The second kappa shape index (κ2) is 8.14. The van der Waals surface area contributed by atoms with Crippen LogP contribution in [0.2, 0.25) is 0 Å². The molecule has 0 bridgehead atoms. The lowest BCUT2D eigenvalue weighted by Crippen LogP contribution is -2.31. The van der Waals surface area contributed by atoms with E-state index in [2.05, 4.69) is 53.6 Å². The molecule has 5 rings (SSSR count). The Morgan fingerprint density at radius 1 is 1.00 bits per heavy atom. The van der Waals surface area contributed by atoms with Crippen molar-refractivity contribution in [2.75, 3.05) is 6.54 Å². The Balaban J connectivity index is 1.25. The second-order valence-corrected chi connectivity index (χ2v) is 9.30. The van der Waals surface area contributed by atoms with Gasteiger partial charge in [0, 0.05) is 59.2 Å². The van der Waals surface area contributed by atoms with E-state index in [1.165, 1.54) is 58.7 Å². The molecule has 144 valence electrons. The van der Waals surface area contributed by atoms with Crippen molar-refractivity contribution < 1.29 is 0 Å². The predicted octanol–water partition coefficient (Wildman–Crippen LogP) is 5.81. The highest BCUT2D eigenvalue weighted by Gasteiger charge is 2.23. The van der Waals surface area contributed by atoms with Gasteiger partial charge in [-0.05, 0) is 30.5 Å². The number of nitrogens with zero attached hydrogens (tertiary/aromatic N) is 3. The first-order valence-corrected chi connectivity index (χ1v) is 11.4. The van der Waals surface area contributed by atoms with Crippen LogP contribution in [-0.4, -0.2) is 21.4 Å². The summed E-state index contributed by atoms with van der Waals surface area (Å²) in [5.41, 5.74) is 3.93. The summed E-state index contributed by atoms with van der Waals surface area (Å²) in [7, 11) is 0. The van der Waals surface area contributed by atoms with E-state index in [4.69, 9.17) is 9.97 Å². The Hall–Kier alpha value is -2.04. The molecule has 4 heteroatoms. The third-order valence-electron chi connectivity index (χ3n) is 6.10. The van der Waals surface area contributed by atoms with E-state index < -0.39 is 0 Å². The number of fused-ring (bicyclic) bond motifs is 1. The third kappa shape index (κ3) is 3.89. The average molecular weight is 390 g/mol. The van der Waals surface area contributed by atoms with Crippen LogP contribution in [0.1, 0.15) is 60.0 Å². The highest BCUT2D eigenvalue weighted by molar-refractivity contribution is 7.15. The van der Waals surface area contributed by atoms with Crippen LogP contribution in [0.25, 0.3) is 10.4 Å². The van der Waals surface area contributed by atoms with Crippen molar-refractivity contribution >= 4 is 11.3 Å². The zero-order valence-corrected chi connectivity index (χ0v) is 17.1. The van der Waals surface area contributed by atoms with Crippen LogP contribution in [0, 0.1) is 0 Å². The first-order chi connectivity index (χ1) is 13.8. The molecule has 1 aliphatic heterocycles. The number of hydrogen-bond donors (Lipinski definition) is 0. The van der Waals surface area contributed by atoms with Gasteiger partial charge in [0.15, 0.2) is 0 Å². The van der Waals surface area contributed by atoms with Gasteiger partial charge in [0.05, 0.1) is 0 Å². The molecule has 0 saturated heterocycles. The van der Waals surface area contributed by atoms with E-state index in [0.29, 0.717) is 5.92 Å². The summed E-state index contributed by atoms with van der Waals surface area (Å²) >= 11 is 1.91. The van der Waals surface area contributed by atoms with Gasteiger partial charge in [-0.15, -0.1) is 11.3 Å². The molecule has 1 fully saturated rings. The van der Waals surface area contributed by atoms with Crippen LogP contribution >= 0.6 is 11.3 Å². The molecule has 1 saturated carbocycles. The van der Waals surface area contributed by atoms with Crippen molar-refractivity contribution in [3.63, 3.8) is 0 Å². The summed E-state index contributed by atoms with van der Waals surface area (Å²) in [5.74, 6) is 1.71. The fraction of sp³-hybridized carbons (Fsp3) is 0.417. The van der Waals surface area contributed by atoms with Gasteiger partial charge in [-0.2, -0.15) is 0 Å². The molecule has 0 spiro atoms. The number of benzene rings is 1. The van der Waals surface area contributed by atoms with Crippen LogP contribution in [0.15, 0.2) is 48.7 Å². The standard InChI is InChI=1S/C24H27N3S/c1-3-7-18(8-4-1)23-12-11-21(28-23)17-27-14-13-22-20(16-27)15-25-24(26-22)19-9-5-2-6-10-19/h1,3-4,7-8,11-12,15,19H,2,5-6,9-10,13-14,16-17H2. The van der Waals surface area contributed by atoms with Crippen molar-refractivity contribution in [3.05, 3.63) is 70.6 Å². The Labute approximate surface area is 171 Å². The fourth-order valence-electron chi connectivity index (χ4n) is 4.52. The third-order valence-corrected chi connectivity index (χ3v) is 7.22. The molecule has 0 radical (unpaired) electrons. The maximum absolute atomic E-state index is 4.99. The van der Waals surface area contributed by atoms with Crippen LogP contribution in [0.4, 0.5) is 0 Å². The quantitative estimate of drug-likeness (QED) is 0.564. The average Bonchev–Trinajstić information content (AvgIpc) is 3.23.